The van der Waals surface area contributed by atoms with Gasteiger partial charge in [0.2, 0.25) is 0 Å². The van der Waals surface area contributed by atoms with Gasteiger partial charge in [0.05, 0.1) is 0 Å². The van der Waals surface area contributed by atoms with Crippen LogP contribution in [0.3, 0.4) is 0 Å². The molecular weight excluding hydrogens is 147 g/mol. The Balaban J connectivity index is 0. The Morgan fingerprint density at radius 1 is 1.00 bits per heavy atom. The number of hydrogen-bond donors (Lipinski definition) is 0. The third-order valence-electron chi connectivity index (χ3n) is 0. The predicted octanol–water partition coefficient (Wildman–Crippen LogP) is 0.250. The van der Waals surface area contributed by atoms with Crippen LogP contribution in [0.25, 0.3) is 0 Å². The van der Waals surface area contributed by atoms with E-state index in [-0.39, 0.29) is 59.2 Å². The largest absolute Gasteiger partial charge is 0.0776 e. The summed E-state index contributed by atoms with van der Waals surface area (Å²) in [7, 11) is 0. The van der Waals surface area contributed by atoms with Crippen molar-refractivity contribution in [3.05, 3.63) is 0 Å². The smallest absolute Gasteiger partial charge is 0 e. The minimum Gasteiger partial charge on any atom is -0.0776 e. The van der Waals surface area contributed by atoms with E-state index in [0.717, 1.165) is 0 Å². The fourth-order valence-corrected chi connectivity index (χ4v) is 0. The molecule has 0 aliphatic carbocycles. The maximum absolute atomic E-state index is 0. The first kappa shape index (κ1) is 46.8. The maximum atomic E-state index is 0. The van der Waals surface area contributed by atoms with Gasteiger partial charge in [0.1, 0.15) is 0 Å². The second-order valence-electron chi connectivity index (χ2n) is 0. The number of hydrogen-bond acceptors (Lipinski definition) is 0. The zero-order valence-electron chi connectivity index (χ0n) is 1.34. The summed E-state index contributed by atoms with van der Waals surface area (Å²) in [5.74, 6) is 0. The standard InChI is InChI=1S/CH4.Al.Cr.Fe/h1H4;;;. The molecule has 0 heterocycles. The Morgan fingerprint density at radius 2 is 1.00 bits per heavy atom. The molecule has 0 saturated carbocycles. The molecule has 0 aromatic heterocycles. The van der Waals surface area contributed by atoms with Crippen molar-refractivity contribution in [1.29, 1.82) is 0 Å². The molecule has 4 heavy (non-hydrogen) atoms. The van der Waals surface area contributed by atoms with Crippen LogP contribution < -0.4 is 0 Å². The fraction of sp³-hybridized carbons (Fsp3) is 1.00. The van der Waals surface area contributed by atoms with Crippen molar-refractivity contribution in [2.45, 2.75) is 7.43 Å². The van der Waals surface area contributed by atoms with Crippen molar-refractivity contribution in [3.63, 3.8) is 0 Å². The Bertz CT molecular complexity index is 8.00. The van der Waals surface area contributed by atoms with Gasteiger partial charge in [-0.2, -0.15) is 0 Å². The van der Waals surface area contributed by atoms with Gasteiger partial charge in [-0.15, -0.1) is 0 Å². The molecule has 25 valence electrons. The molecule has 0 unspecified atom stereocenters. The van der Waals surface area contributed by atoms with Crippen LogP contribution in [-0.4, -0.2) is 17.4 Å². The summed E-state index contributed by atoms with van der Waals surface area (Å²) >= 11 is 0. The van der Waals surface area contributed by atoms with E-state index in [2.05, 4.69) is 0 Å². The fourth-order valence-electron chi connectivity index (χ4n) is 0. The van der Waals surface area contributed by atoms with Crippen LogP contribution in [0.4, 0.5) is 0 Å². The predicted molar refractivity (Wildman–Crippen MR) is 12.5 cm³/mol. The molecule has 0 N–H and O–H groups in total. The van der Waals surface area contributed by atoms with Gasteiger partial charge in [-0.1, -0.05) is 7.43 Å². The molecule has 0 aliphatic rings. The average Bonchev–Trinajstić information content (AvgIpc) is 0. The van der Waals surface area contributed by atoms with Gasteiger partial charge in [0.15, 0.2) is 0 Å². The van der Waals surface area contributed by atoms with Crippen LogP contribution in [-0.2, 0) is 34.4 Å². The van der Waals surface area contributed by atoms with Crippen molar-refractivity contribution >= 4 is 17.4 Å². The summed E-state index contributed by atoms with van der Waals surface area (Å²) in [6, 6.07) is 0. The average molecular weight is 151 g/mol. The third-order valence-corrected chi connectivity index (χ3v) is 0. The Kier molecular flexibility index (Phi) is 274. The first-order valence-electron chi connectivity index (χ1n) is 0. The summed E-state index contributed by atoms with van der Waals surface area (Å²) in [5.41, 5.74) is 0. The molecule has 0 saturated heterocycles. The second kappa shape index (κ2) is 23.5. The molecule has 0 aliphatic heterocycles. The SMILES string of the molecule is C.[Al].[Cr].[Fe]. The van der Waals surface area contributed by atoms with Crippen LogP contribution in [0.2, 0.25) is 0 Å². The molecule has 0 spiro atoms. The van der Waals surface area contributed by atoms with Gasteiger partial charge in [0.25, 0.3) is 0 Å². The normalized spacial score (nSPS) is 0. The van der Waals surface area contributed by atoms with E-state index < -0.39 is 0 Å². The third kappa shape index (κ3) is 9.54. The van der Waals surface area contributed by atoms with E-state index in [1.807, 2.05) is 0 Å². The summed E-state index contributed by atoms with van der Waals surface area (Å²) < 4.78 is 0. The Hall–Kier alpha value is 1.58. The summed E-state index contributed by atoms with van der Waals surface area (Å²) in [4.78, 5) is 0. The molecule has 0 bridgehead atoms. The van der Waals surface area contributed by atoms with Crippen molar-refractivity contribution < 1.29 is 34.4 Å². The molecule has 0 amide bonds. The zero-order valence-corrected chi connectivity index (χ0v) is 4.87. The summed E-state index contributed by atoms with van der Waals surface area (Å²) in [6.45, 7) is 0. The van der Waals surface area contributed by atoms with Gasteiger partial charge in [-0.25, -0.2) is 0 Å². The van der Waals surface area contributed by atoms with Gasteiger partial charge in [0, 0.05) is 51.8 Å². The van der Waals surface area contributed by atoms with Gasteiger partial charge in [-0.05, 0) is 0 Å². The second-order valence-corrected chi connectivity index (χ2v) is 0. The van der Waals surface area contributed by atoms with E-state index in [0.29, 0.717) is 0 Å². The van der Waals surface area contributed by atoms with Gasteiger partial charge >= 0.3 is 0 Å². The van der Waals surface area contributed by atoms with Crippen LogP contribution in [0.1, 0.15) is 7.43 Å². The first-order chi connectivity index (χ1) is 0. The van der Waals surface area contributed by atoms with Crippen molar-refractivity contribution in [2.75, 3.05) is 0 Å². The first-order valence-corrected chi connectivity index (χ1v) is 0. The van der Waals surface area contributed by atoms with E-state index >= 15 is 0 Å². The Morgan fingerprint density at radius 3 is 1.00 bits per heavy atom. The molecular formula is CH4AlCrFe. The van der Waals surface area contributed by atoms with Crippen LogP contribution >= 0.6 is 0 Å². The monoisotopic (exact) mass is 151 g/mol. The molecule has 0 aromatic carbocycles. The zero-order chi connectivity index (χ0) is 0. The molecule has 3 heteroatoms. The van der Waals surface area contributed by atoms with Gasteiger partial charge < -0.3 is 0 Å². The van der Waals surface area contributed by atoms with E-state index in [1.54, 1.807) is 0 Å². The Labute approximate surface area is 59.1 Å². The van der Waals surface area contributed by atoms with Crippen LogP contribution in [0.5, 0.6) is 0 Å². The molecule has 0 nitrogen and oxygen atoms in total. The summed E-state index contributed by atoms with van der Waals surface area (Å²) in [6.07, 6.45) is 0. The van der Waals surface area contributed by atoms with E-state index in [1.165, 1.54) is 0 Å². The van der Waals surface area contributed by atoms with E-state index in [9.17, 15) is 0 Å². The molecule has 3 radical (unpaired) electrons. The number of rotatable bonds is 0. The quantitative estimate of drug-likeness (QED) is 0.435. The van der Waals surface area contributed by atoms with Gasteiger partial charge in [-0.3, -0.25) is 0 Å². The minimum atomic E-state index is 0. The topological polar surface area (TPSA) is 0 Å². The van der Waals surface area contributed by atoms with Crippen molar-refractivity contribution in [3.8, 4) is 0 Å². The maximum Gasteiger partial charge on any atom is 0 e. The van der Waals surface area contributed by atoms with Crippen LogP contribution in [0.15, 0.2) is 0 Å². The van der Waals surface area contributed by atoms with E-state index in [4.69, 9.17) is 0 Å². The van der Waals surface area contributed by atoms with Crippen molar-refractivity contribution in [1.82, 2.24) is 0 Å². The summed E-state index contributed by atoms with van der Waals surface area (Å²) in [5, 5.41) is 0. The molecule has 0 fully saturated rings. The molecule has 0 rings (SSSR count). The van der Waals surface area contributed by atoms with Crippen LogP contribution in [0, 0.1) is 0 Å². The van der Waals surface area contributed by atoms with Crippen molar-refractivity contribution in [2.24, 2.45) is 0 Å². The minimum absolute atomic E-state index is 0. The molecule has 0 aromatic rings. The molecule has 0 atom stereocenters.